The second-order valence-electron chi connectivity index (χ2n) is 3.69. The summed E-state index contributed by atoms with van der Waals surface area (Å²) < 4.78 is 6.12. The van der Waals surface area contributed by atoms with Gasteiger partial charge in [-0.25, -0.2) is 0 Å². The number of Topliss-reactive ketones (excluding diaryl/α,β-unsaturated/α-hetero) is 1. The van der Waals surface area contributed by atoms with Crippen LogP contribution in [-0.2, 0) is 0 Å². The molecular formula is C12H16BrNO2. The molecule has 0 aliphatic heterocycles. The number of ketones is 1. The van der Waals surface area contributed by atoms with Gasteiger partial charge in [-0.3, -0.25) is 4.79 Å². The lowest BCUT2D eigenvalue weighted by molar-refractivity contribution is 0.0989. The van der Waals surface area contributed by atoms with Crippen molar-refractivity contribution in [2.45, 2.75) is 13.8 Å². The lowest BCUT2D eigenvalue weighted by Gasteiger charge is -2.14. The fraction of sp³-hybridized carbons (Fsp3) is 0.417. The van der Waals surface area contributed by atoms with Gasteiger partial charge in [-0.1, -0.05) is 6.07 Å². The minimum Gasteiger partial charge on any atom is -0.496 e. The van der Waals surface area contributed by atoms with Crippen LogP contribution in [0, 0.1) is 13.8 Å². The molecule has 16 heavy (non-hydrogen) atoms. The Balaban J connectivity index is 3.38. The smallest absolute Gasteiger partial charge is 0.181 e. The average Bonchev–Trinajstić information content (AvgIpc) is 2.23. The highest BCUT2D eigenvalue weighted by atomic mass is 79.9. The predicted molar refractivity (Wildman–Crippen MR) is 68.4 cm³/mol. The van der Waals surface area contributed by atoms with Gasteiger partial charge < -0.3 is 10.1 Å². The number of ether oxygens (including phenoxy) is 1. The van der Waals surface area contributed by atoms with Gasteiger partial charge in [0.1, 0.15) is 5.75 Å². The molecule has 0 bridgehead atoms. The first-order valence-corrected chi connectivity index (χ1v) is 5.83. The number of rotatable bonds is 4. The van der Waals surface area contributed by atoms with Gasteiger partial charge in [-0.05, 0) is 48.0 Å². The average molecular weight is 286 g/mol. The Hall–Kier alpha value is -0.870. The Morgan fingerprint density at radius 2 is 2.06 bits per heavy atom. The van der Waals surface area contributed by atoms with Crippen LogP contribution in [0.1, 0.15) is 21.5 Å². The Kier molecular flexibility index (Phi) is 4.50. The van der Waals surface area contributed by atoms with E-state index in [1.54, 1.807) is 14.2 Å². The van der Waals surface area contributed by atoms with Crippen LogP contribution in [0.5, 0.6) is 5.75 Å². The number of benzene rings is 1. The van der Waals surface area contributed by atoms with Gasteiger partial charge in [0.05, 0.1) is 19.2 Å². The minimum atomic E-state index is 0.0259. The summed E-state index contributed by atoms with van der Waals surface area (Å²) in [4.78, 5) is 12.0. The number of halogens is 1. The lowest BCUT2D eigenvalue weighted by Crippen LogP contribution is -2.20. The molecule has 0 spiro atoms. The van der Waals surface area contributed by atoms with Crippen LogP contribution in [-0.4, -0.2) is 26.5 Å². The first kappa shape index (κ1) is 13.2. The van der Waals surface area contributed by atoms with Crippen molar-refractivity contribution in [2.75, 3.05) is 20.7 Å². The number of methoxy groups -OCH3 is 1. The van der Waals surface area contributed by atoms with Crippen molar-refractivity contribution < 1.29 is 9.53 Å². The lowest BCUT2D eigenvalue weighted by atomic mass is 10.0. The number of carbonyl (C=O) groups excluding carboxylic acids is 1. The van der Waals surface area contributed by atoms with Crippen LogP contribution < -0.4 is 10.1 Å². The molecule has 0 amide bonds. The van der Waals surface area contributed by atoms with Gasteiger partial charge in [0.15, 0.2) is 5.78 Å². The van der Waals surface area contributed by atoms with Gasteiger partial charge in [-0.2, -0.15) is 0 Å². The Labute approximate surface area is 104 Å². The Morgan fingerprint density at radius 3 is 2.56 bits per heavy atom. The number of aryl methyl sites for hydroxylation is 2. The van der Waals surface area contributed by atoms with Crippen LogP contribution in [0.15, 0.2) is 10.5 Å². The standard InChI is InChI=1S/C12H16BrNO2/c1-7-5-8(2)12(16-4)10(11(7)13)9(15)6-14-3/h5,14H,6H2,1-4H3. The van der Waals surface area contributed by atoms with E-state index in [-0.39, 0.29) is 5.78 Å². The topological polar surface area (TPSA) is 38.3 Å². The summed E-state index contributed by atoms with van der Waals surface area (Å²) in [6, 6.07) is 2.00. The van der Waals surface area contributed by atoms with E-state index in [0.717, 1.165) is 15.6 Å². The van der Waals surface area contributed by atoms with Gasteiger partial charge >= 0.3 is 0 Å². The molecule has 1 N–H and O–H groups in total. The van der Waals surface area contributed by atoms with Crippen molar-refractivity contribution in [1.82, 2.24) is 5.32 Å². The van der Waals surface area contributed by atoms with E-state index >= 15 is 0 Å². The van der Waals surface area contributed by atoms with Gasteiger partial charge in [-0.15, -0.1) is 0 Å². The molecule has 88 valence electrons. The number of hydrogen-bond donors (Lipinski definition) is 1. The third kappa shape index (κ3) is 2.44. The zero-order valence-corrected chi connectivity index (χ0v) is 11.6. The number of nitrogens with one attached hydrogen (secondary N) is 1. The van der Waals surface area contributed by atoms with E-state index in [0.29, 0.717) is 17.9 Å². The number of hydrogen-bond acceptors (Lipinski definition) is 3. The number of likely N-dealkylation sites (N-methyl/N-ethyl adjacent to an activating group) is 1. The molecule has 0 fully saturated rings. The third-order valence-corrected chi connectivity index (χ3v) is 3.43. The van der Waals surface area contributed by atoms with E-state index < -0.39 is 0 Å². The second-order valence-corrected chi connectivity index (χ2v) is 4.48. The van der Waals surface area contributed by atoms with Crippen LogP contribution in [0.3, 0.4) is 0 Å². The highest BCUT2D eigenvalue weighted by Crippen LogP contribution is 2.33. The SMILES string of the molecule is CNCC(=O)c1c(Br)c(C)cc(C)c1OC. The van der Waals surface area contributed by atoms with Crippen molar-refractivity contribution in [3.63, 3.8) is 0 Å². The van der Waals surface area contributed by atoms with E-state index in [1.165, 1.54) is 0 Å². The predicted octanol–water partition coefficient (Wildman–Crippen LogP) is 2.48. The van der Waals surface area contributed by atoms with E-state index in [2.05, 4.69) is 21.2 Å². The Bertz CT molecular complexity index is 416. The third-order valence-electron chi connectivity index (χ3n) is 2.40. The van der Waals surface area contributed by atoms with Crippen molar-refractivity contribution in [3.8, 4) is 5.75 Å². The summed E-state index contributed by atoms with van der Waals surface area (Å²) in [7, 11) is 3.33. The fourth-order valence-corrected chi connectivity index (χ4v) is 2.22. The van der Waals surface area contributed by atoms with Crippen LogP contribution in [0.4, 0.5) is 0 Å². The second kappa shape index (κ2) is 5.46. The normalized spacial score (nSPS) is 10.3. The van der Waals surface area contributed by atoms with E-state index in [9.17, 15) is 4.79 Å². The molecule has 0 saturated carbocycles. The molecule has 0 saturated heterocycles. The van der Waals surface area contributed by atoms with Crippen LogP contribution in [0.25, 0.3) is 0 Å². The highest BCUT2D eigenvalue weighted by Gasteiger charge is 2.19. The quantitative estimate of drug-likeness (QED) is 0.864. The zero-order valence-electron chi connectivity index (χ0n) is 9.98. The summed E-state index contributed by atoms with van der Waals surface area (Å²) in [5.74, 6) is 0.677. The van der Waals surface area contributed by atoms with Crippen LogP contribution >= 0.6 is 15.9 Å². The molecule has 0 aliphatic rings. The fourth-order valence-electron chi connectivity index (χ4n) is 1.71. The van der Waals surface area contributed by atoms with Crippen molar-refractivity contribution in [1.29, 1.82) is 0 Å². The van der Waals surface area contributed by atoms with E-state index in [1.807, 2.05) is 19.9 Å². The molecule has 3 nitrogen and oxygen atoms in total. The minimum absolute atomic E-state index is 0.0259. The van der Waals surface area contributed by atoms with Crippen LogP contribution in [0.2, 0.25) is 0 Å². The molecule has 0 heterocycles. The maximum absolute atomic E-state index is 12.0. The monoisotopic (exact) mass is 285 g/mol. The first-order valence-electron chi connectivity index (χ1n) is 5.04. The molecule has 1 rings (SSSR count). The maximum atomic E-state index is 12.0. The summed E-state index contributed by atoms with van der Waals surface area (Å²) in [6.07, 6.45) is 0. The summed E-state index contributed by atoms with van der Waals surface area (Å²) in [5, 5.41) is 2.86. The zero-order chi connectivity index (χ0) is 12.3. The summed E-state index contributed by atoms with van der Waals surface area (Å²) >= 11 is 3.45. The van der Waals surface area contributed by atoms with Gasteiger partial charge in [0, 0.05) is 4.47 Å². The largest absolute Gasteiger partial charge is 0.496 e. The van der Waals surface area contributed by atoms with Gasteiger partial charge in [0.25, 0.3) is 0 Å². The first-order chi connectivity index (χ1) is 7.52. The van der Waals surface area contributed by atoms with Gasteiger partial charge in [0.2, 0.25) is 0 Å². The van der Waals surface area contributed by atoms with Crippen molar-refractivity contribution in [2.24, 2.45) is 0 Å². The molecule has 1 aromatic rings. The highest BCUT2D eigenvalue weighted by molar-refractivity contribution is 9.10. The molecule has 0 aliphatic carbocycles. The Morgan fingerprint density at radius 1 is 1.44 bits per heavy atom. The molecule has 1 aromatic carbocycles. The molecule has 0 radical (unpaired) electrons. The molecule has 0 aromatic heterocycles. The summed E-state index contributed by atoms with van der Waals surface area (Å²) in [5.41, 5.74) is 2.63. The molecule has 4 heteroatoms. The molecular weight excluding hydrogens is 270 g/mol. The molecule has 0 atom stereocenters. The van der Waals surface area contributed by atoms with E-state index in [4.69, 9.17) is 4.74 Å². The maximum Gasteiger partial charge on any atom is 0.181 e. The summed E-state index contributed by atoms with van der Waals surface area (Å²) in [6.45, 7) is 4.21. The molecule has 0 unspecified atom stereocenters. The van der Waals surface area contributed by atoms with Crippen molar-refractivity contribution >= 4 is 21.7 Å². The van der Waals surface area contributed by atoms with Crippen molar-refractivity contribution in [3.05, 3.63) is 27.2 Å². The number of carbonyl (C=O) groups is 1.